The van der Waals surface area contributed by atoms with Crippen molar-refractivity contribution >= 4 is 39.5 Å². The number of carbonyl (C=O) groups excluding carboxylic acids is 1. The summed E-state index contributed by atoms with van der Waals surface area (Å²) in [5.41, 5.74) is 0.569. The molecule has 1 aromatic heterocycles. The minimum absolute atomic E-state index is 0.569. The van der Waals surface area contributed by atoms with Gasteiger partial charge in [-0.2, -0.15) is 4.99 Å². The van der Waals surface area contributed by atoms with Crippen LogP contribution in [0.25, 0.3) is 0 Å². The van der Waals surface area contributed by atoms with Gasteiger partial charge in [0.2, 0.25) is 6.08 Å². The lowest BCUT2D eigenvalue weighted by Gasteiger charge is -2.02. The van der Waals surface area contributed by atoms with Crippen molar-refractivity contribution < 1.29 is 4.79 Å². The molecule has 0 radical (unpaired) electrons. The highest BCUT2D eigenvalue weighted by molar-refractivity contribution is 9.10. The number of halogens is 1. The molecule has 1 heterocycles. The standard InChI is InChI=1S/C11H6BrN3OS/c12-8-5-13-11(14-6-8)17-10-4-2-1-3-9(10)15-7-16/h1-6H. The Morgan fingerprint density at radius 2 is 1.94 bits per heavy atom. The SMILES string of the molecule is O=C=Nc1ccccc1Sc1ncc(Br)cn1. The number of hydrogen-bond donors (Lipinski definition) is 0. The van der Waals surface area contributed by atoms with Crippen LogP contribution in [0.2, 0.25) is 0 Å². The van der Waals surface area contributed by atoms with Crippen molar-refractivity contribution in [2.45, 2.75) is 10.1 Å². The number of aliphatic imine (C=N–C) groups is 1. The summed E-state index contributed by atoms with van der Waals surface area (Å²) in [5.74, 6) is 0. The van der Waals surface area contributed by atoms with Gasteiger partial charge in [0.05, 0.1) is 10.2 Å². The van der Waals surface area contributed by atoms with E-state index in [0.29, 0.717) is 10.8 Å². The van der Waals surface area contributed by atoms with Gasteiger partial charge in [-0.1, -0.05) is 12.1 Å². The normalized spacial score (nSPS) is 9.71. The van der Waals surface area contributed by atoms with Crippen LogP contribution in [0.4, 0.5) is 5.69 Å². The molecule has 0 amide bonds. The van der Waals surface area contributed by atoms with E-state index < -0.39 is 0 Å². The second-order valence-electron chi connectivity index (χ2n) is 2.96. The fourth-order valence-electron chi connectivity index (χ4n) is 1.14. The number of rotatable bonds is 3. The summed E-state index contributed by atoms with van der Waals surface area (Å²) in [6.45, 7) is 0. The highest BCUT2D eigenvalue weighted by Gasteiger charge is 2.05. The maximum absolute atomic E-state index is 10.3. The molecule has 0 spiro atoms. The van der Waals surface area contributed by atoms with Crippen molar-refractivity contribution in [1.29, 1.82) is 0 Å². The smallest absolute Gasteiger partial charge is 0.230 e. The summed E-state index contributed by atoms with van der Waals surface area (Å²) >= 11 is 4.61. The average molecular weight is 308 g/mol. The lowest BCUT2D eigenvalue weighted by Crippen LogP contribution is -1.84. The zero-order chi connectivity index (χ0) is 12.1. The third-order valence-corrected chi connectivity index (χ3v) is 3.20. The Labute approximate surface area is 110 Å². The van der Waals surface area contributed by atoms with Gasteiger partial charge in [0.15, 0.2) is 5.16 Å². The van der Waals surface area contributed by atoms with E-state index in [4.69, 9.17) is 0 Å². The van der Waals surface area contributed by atoms with Crippen LogP contribution in [-0.2, 0) is 4.79 Å². The second-order valence-corrected chi connectivity index (χ2v) is 4.88. The summed E-state index contributed by atoms with van der Waals surface area (Å²) in [7, 11) is 0. The first-order chi connectivity index (χ1) is 8.29. The first-order valence-corrected chi connectivity index (χ1v) is 6.23. The van der Waals surface area contributed by atoms with E-state index in [1.54, 1.807) is 18.5 Å². The molecule has 0 unspecified atom stereocenters. The zero-order valence-corrected chi connectivity index (χ0v) is 10.9. The summed E-state index contributed by atoms with van der Waals surface area (Å²) < 4.78 is 0.820. The molecule has 0 aliphatic heterocycles. The topological polar surface area (TPSA) is 55.2 Å². The third kappa shape index (κ3) is 3.23. The van der Waals surface area contributed by atoms with Crippen molar-refractivity contribution in [3.05, 3.63) is 41.1 Å². The maximum Gasteiger partial charge on any atom is 0.240 e. The Balaban J connectivity index is 2.29. The number of para-hydroxylation sites is 1. The van der Waals surface area contributed by atoms with Crippen LogP contribution in [0.3, 0.4) is 0 Å². The highest BCUT2D eigenvalue weighted by atomic mass is 79.9. The van der Waals surface area contributed by atoms with Crippen LogP contribution >= 0.6 is 27.7 Å². The molecule has 2 aromatic rings. The Bertz CT molecular complexity index is 567. The van der Waals surface area contributed by atoms with E-state index in [1.807, 2.05) is 18.2 Å². The minimum Gasteiger partial charge on any atom is -0.230 e. The fourth-order valence-corrected chi connectivity index (χ4v) is 2.11. The number of benzene rings is 1. The van der Waals surface area contributed by atoms with Crippen LogP contribution < -0.4 is 0 Å². The van der Waals surface area contributed by atoms with Crippen LogP contribution in [0.5, 0.6) is 0 Å². The maximum atomic E-state index is 10.3. The van der Waals surface area contributed by atoms with E-state index in [9.17, 15) is 4.79 Å². The summed E-state index contributed by atoms with van der Waals surface area (Å²) in [4.78, 5) is 23.0. The van der Waals surface area contributed by atoms with Crippen molar-refractivity contribution in [3.63, 3.8) is 0 Å². The van der Waals surface area contributed by atoms with Crippen molar-refractivity contribution in [2.24, 2.45) is 4.99 Å². The molecule has 6 heteroatoms. The molecule has 0 aliphatic rings. The minimum atomic E-state index is 0.569. The molecule has 4 nitrogen and oxygen atoms in total. The largest absolute Gasteiger partial charge is 0.240 e. The van der Waals surface area contributed by atoms with Gasteiger partial charge in [-0.25, -0.2) is 14.8 Å². The van der Waals surface area contributed by atoms with Crippen molar-refractivity contribution in [3.8, 4) is 0 Å². The Hall–Kier alpha value is -1.49. The lowest BCUT2D eigenvalue weighted by atomic mass is 10.3. The van der Waals surface area contributed by atoms with Gasteiger partial charge >= 0.3 is 0 Å². The lowest BCUT2D eigenvalue weighted by molar-refractivity contribution is 0.565. The van der Waals surface area contributed by atoms with Gasteiger partial charge in [0, 0.05) is 17.3 Å². The summed E-state index contributed by atoms with van der Waals surface area (Å²) in [6, 6.07) is 7.27. The second kappa shape index (κ2) is 5.72. The molecule has 2 rings (SSSR count). The molecule has 0 saturated heterocycles. The van der Waals surface area contributed by atoms with E-state index in [2.05, 4.69) is 30.9 Å². The van der Waals surface area contributed by atoms with Crippen LogP contribution in [-0.4, -0.2) is 16.0 Å². The molecule has 0 fully saturated rings. The molecule has 0 aliphatic carbocycles. The van der Waals surface area contributed by atoms with E-state index in [1.165, 1.54) is 17.8 Å². The van der Waals surface area contributed by atoms with E-state index >= 15 is 0 Å². The van der Waals surface area contributed by atoms with E-state index in [0.717, 1.165) is 9.37 Å². The first-order valence-electron chi connectivity index (χ1n) is 4.62. The van der Waals surface area contributed by atoms with Crippen molar-refractivity contribution in [2.75, 3.05) is 0 Å². The zero-order valence-electron chi connectivity index (χ0n) is 8.50. The average Bonchev–Trinajstić information content (AvgIpc) is 2.35. The van der Waals surface area contributed by atoms with Crippen LogP contribution in [0.1, 0.15) is 0 Å². The third-order valence-electron chi connectivity index (χ3n) is 1.83. The summed E-state index contributed by atoms with van der Waals surface area (Å²) in [5, 5.41) is 0.599. The van der Waals surface area contributed by atoms with Crippen molar-refractivity contribution in [1.82, 2.24) is 9.97 Å². The van der Waals surface area contributed by atoms with Crippen LogP contribution in [0, 0.1) is 0 Å². The van der Waals surface area contributed by atoms with Gasteiger partial charge in [-0.15, -0.1) is 0 Å². The monoisotopic (exact) mass is 307 g/mol. The Morgan fingerprint density at radius 3 is 2.65 bits per heavy atom. The van der Waals surface area contributed by atoms with Gasteiger partial charge in [-0.3, -0.25) is 0 Å². The molecular weight excluding hydrogens is 302 g/mol. The van der Waals surface area contributed by atoms with Gasteiger partial charge < -0.3 is 0 Å². The Kier molecular flexibility index (Phi) is 4.03. The molecule has 0 saturated carbocycles. The molecule has 17 heavy (non-hydrogen) atoms. The molecule has 84 valence electrons. The quantitative estimate of drug-likeness (QED) is 0.495. The number of nitrogens with zero attached hydrogens (tertiary/aromatic N) is 3. The molecular formula is C11H6BrN3OS. The number of aromatic nitrogens is 2. The molecule has 0 bridgehead atoms. The molecule has 0 N–H and O–H groups in total. The van der Waals surface area contributed by atoms with Gasteiger partial charge in [-0.05, 0) is 39.8 Å². The highest BCUT2D eigenvalue weighted by Crippen LogP contribution is 2.32. The van der Waals surface area contributed by atoms with Gasteiger partial charge in [0.25, 0.3) is 0 Å². The fraction of sp³-hybridized carbons (Fsp3) is 0. The van der Waals surface area contributed by atoms with Crippen LogP contribution in [0.15, 0.2) is 56.2 Å². The van der Waals surface area contributed by atoms with E-state index in [-0.39, 0.29) is 0 Å². The van der Waals surface area contributed by atoms with Gasteiger partial charge in [0.1, 0.15) is 0 Å². The predicted octanol–water partition coefficient (Wildman–Crippen LogP) is 3.36. The predicted molar refractivity (Wildman–Crippen MR) is 68.1 cm³/mol. The Morgan fingerprint density at radius 1 is 1.24 bits per heavy atom. The number of isocyanates is 1. The first kappa shape index (κ1) is 12.0. The number of hydrogen-bond acceptors (Lipinski definition) is 5. The summed E-state index contributed by atoms with van der Waals surface area (Å²) in [6.07, 6.45) is 4.87. The molecule has 0 atom stereocenters. The molecule has 1 aromatic carbocycles.